The maximum atomic E-state index is 13.2. The lowest BCUT2D eigenvalue weighted by molar-refractivity contribution is -0.0511. The molecule has 148 valence electrons. The van der Waals surface area contributed by atoms with Crippen LogP contribution in [0.15, 0.2) is 30.9 Å². The first-order chi connectivity index (χ1) is 13.5. The lowest BCUT2D eigenvalue weighted by atomic mass is 10.1. The molecule has 1 aliphatic heterocycles. The van der Waals surface area contributed by atoms with Gasteiger partial charge in [0, 0.05) is 11.6 Å². The Hall–Kier alpha value is -2.37. The van der Waals surface area contributed by atoms with Crippen LogP contribution in [0, 0.1) is 5.82 Å². The quantitative estimate of drug-likeness (QED) is 0.488. The third-order valence-corrected chi connectivity index (χ3v) is 4.96. The second-order valence-corrected chi connectivity index (χ2v) is 6.77. The van der Waals surface area contributed by atoms with Crippen molar-refractivity contribution < 1.29 is 24.4 Å². The number of halogens is 2. The molecule has 2 aromatic heterocycles. The Morgan fingerprint density at radius 2 is 2.04 bits per heavy atom. The zero-order chi connectivity index (χ0) is 19.8. The van der Waals surface area contributed by atoms with Crippen LogP contribution in [0.3, 0.4) is 0 Å². The van der Waals surface area contributed by atoms with Crippen LogP contribution in [0.4, 0.5) is 10.2 Å². The summed E-state index contributed by atoms with van der Waals surface area (Å²) in [6, 6.07) is 4.11. The molecule has 0 aliphatic carbocycles. The molecule has 0 saturated carbocycles. The fourth-order valence-electron chi connectivity index (χ4n) is 3.12. The Morgan fingerprint density at radius 1 is 1.21 bits per heavy atom. The molecule has 1 saturated heterocycles. The molecule has 0 unspecified atom stereocenters. The van der Waals surface area contributed by atoms with Crippen LogP contribution in [-0.4, -0.2) is 59.8 Å². The molecule has 11 heteroatoms. The number of ether oxygens (including phenoxy) is 1. The molecular formula is C17H17ClFN5O4. The molecule has 3 heterocycles. The third-order valence-electron chi connectivity index (χ3n) is 4.61. The highest BCUT2D eigenvalue weighted by molar-refractivity contribution is 6.31. The lowest BCUT2D eigenvalue weighted by Gasteiger charge is -2.16. The Morgan fingerprint density at radius 3 is 2.75 bits per heavy atom. The fraction of sp³-hybridized carbons (Fsp3) is 0.353. The second kappa shape index (κ2) is 7.57. The van der Waals surface area contributed by atoms with Gasteiger partial charge in [-0.15, -0.1) is 0 Å². The van der Waals surface area contributed by atoms with Crippen molar-refractivity contribution >= 4 is 28.6 Å². The van der Waals surface area contributed by atoms with E-state index in [1.165, 1.54) is 29.4 Å². The van der Waals surface area contributed by atoms with Crippen molar-refractivity contribution in [1.82, 2.24) is 19.5 Å². The number of fused-ring (bicyclic) bond motifs is 1. The van der Waals surface area contributed by atoms with E-state index in [0.717, 1.165) is 0 Å². The molecule has 4 rings (SSSR count). The number of nitrogens with one attached hydrogen (secondary N) is 1. The second-order valence-electron chi connectivity index (χ2n) is 6.36. The van der Waals surface area contributed by atoms with Gasteiger partial charge >= 0.3 is 0 Å². The van der Waals surface area contributed by atoms with Crippen LogP contribution in [-0.2, 0) is 11.3 Å². The molecule has 0 amide bonds. The van der Waals surface area contributed by atoms with Gasteiger partial charge in [-0.2, -0.15) is 0 Å². The largest absolute Gasteiger partial charge is 0.394 e. The molecule has 4 atom stereocenters. The summed E-state index contributed by atoms with van der Waals surface area (Å²) < 4.78 is 20.2. The highest BCUT2D eigenvalue weighted by Gasteiger charge is 2.44. The summed E-state index contributed by atoms with van der Waals surface area (Å²) in [6.07, 6.45) is -1.61. The molecule has 0 bridgehead atoms. The summed E-state index contributed by atoms with van der Waals surface area (Å²) in [4.78, 5) is 12.6. The normalized spacial score (nSPS) is 24.8. The van der Waals surface area contributed by atoms with Crippen LogP contribution in [0.2, 0.25) is 5.02 Å². The number of hydrogen-bond acceptors (Lipinski definition) is 8. The van der Waals surface area contributed by atoms with E-state index in [4.69, 9.17) is 16.3 Å². The SMILES string of the molecule is OC[C@H]1O[C@@H](n2cnc3c(NCc4ccc(F)cc4Cl)ncnc32)[C@@H](O)[C@@H]1O. The van der Waals surface area contributed by atoms with Gasteiger partial charge in [0.05, 0.1) is 12.9 Å². The van der Waals surface area contributed by atoms with Crippen molar-refractivity contribution in [2.24, 2.45) is 0 Å². The van der Waals surface area contributed by atoms with Crippen LogP contribution in [0.25, 0.3) is 11.2 Å². The summed E-state index contributed by atoms with van der Waals surface area (Å²) >= 11 is 6.04. The molecule has 9 nitrogen and oxygen atoms in total. The van der Waals surface area contributed by atoms with E-state index < -0.39 is 37.0 Å². The van der Waals surface area contributed by atoms with Gasteiger partial charge < -0.3 is 25.4 Å². The molecule has 28 heavy (non-hydrogen) atoms. The summed E-state index contributed by atoms with van der Waals surface area (Å²) in [5.74, 6) is -0.00806. The molecule has 4 N–H and O–H groups in total. The van der Waals surface area contributed by atoms with Gasteiger partial charge in [-0.3, -0.25) is 4.57 Å². The first-order valence-corrected chi connectivity index (χ1v) is 8.85. The number of rotatable bonds is 5. The summed E-state index contributed by atoms with van der Waals surface area (Å²) in [7, 11) is 0. The maximum Gasteiger partial charge on any atom is 0.167 e. The van der Waals surface area contributed by atoms with Crippen LogP contribution in [0.5, 0.6) is 0 Å². The zero-order valence-corrected chi connectivity index (χ0v) is 15.2. The minimum Gasteiger partial charge on any atom is -0.394 e. The standard InChI is InChI=1S/C17H17ClFN5O4/c18-10-3-9(19)2-1-8(10)4-20-15-12-16(22-6-21-15)24(7-23-12)17-14(27)13(26)11(5-25)28-17/h1-3,6-7,11,13-14,17,25-27H,4-5H2,(H,20,21,22)/t11-,13-,14+,17-/m1/s1. The van der Waals surface area contributed by atoms with E-state index in [9.17, 15) is 19.7 Å². The number of aliphatic hydroxyl groups is 3. The molecule has 1 aromatic carbocycles. The lowest BCUT2D eigenvalue weighted by Crippen LogP contribution is -2.33. The monoisotopic (exact) mass is 409 g/mol. The molecular weight excluding hydrogens is 393 g/mol. The Bertz CT molecular complexity index is 1000. The summed E-state index contributed by atoms with van der Waals surface area (Å²) in [5, 5.41) is 32.8. The fourth-order valence-corrected chi connectivity index (χ4v) is 3.36. The number of benzene rings is 1. The van der Waals surface area contributed by atoms with Crippen LogP contribution in [0.1, 0.15) is 11.8 Å². The smallest absolute Gasteiger partial charge is 0.167 e. The average molecular weight is 410 g/mol. The minimum absolute atomic E-state index is 0.284. The first kappa shape index (κ1) is 19.0. The van der Waals surface area contributed by atoms with E-state index >= 15 is 0 Å². The van der Waals surface area contributed by atoms with Crippen molar-refractivity contribution in [3.05, 3.63) is 47.3 Å². The maximum absolute atomic E-state index is 13.2. The number of imidazole rings is 1. The van der Waals surface area contributed by atoms with Gasteiger partial charge in [-0.1, -0.05) is 17.7 Å². The average Bonchev–Trinajstić information content (AvgIpc) is 3.23. The van der Waals surface area contributed by atoms with Gasteiger partial charge in [-0.05, 0) is 17.7 Å². The van der Waals surface area contributed by atoms with E-state index in [0.29, 0.717) is 22.5 Å². The summed E-state index contributed by atoms with van der Waals surface area (Å²) in [6.45, 7) is -0.145. The van der Waals surface area contributed by atoms with E-state index in [2.05, 4.69) is 20.3 Å². The Labute approximate surface area is 163 Å². The van der Waals surface area contributed by atoms with Gasteiger partial charge in [0.1, 0.15) is 30.5 Å². The predicted molar refractivity (Wildman–Crippen MR) is 97.1 cm³/mol. The van der Waals surface area contributed by atoms with Crippen LogP contribution < -0.4 is 5.32 Å². The molecule has 0 radical (unpaired) electrons. The number of aromatic nitrogens is 4. The third kappa shape index (κ3) is 3.29. The number of aliphatic hydroxyl groups excluding tert-OH is 3. The van der Waals surface area contributed by atoms with Gasteiger partial charge in [0.15, 0.2) is 23.2 Å². The number of hydrogen-bond donors (Lipinski definition) is 4. The van der Waals surface area contributed by atoms with E-state index in [-0.39, 0.29) is 11.6 Å². The summed E-state index contributed by atoms with van der Waals surface area (Å²) in [5.41, 5.74) is 1.47. The van der Waals surface area contributed by atoms with Crippen LogP contribution >= 0.6 is 11.6 Å². The van der Waals surface area contributed by atoms with Crippen molar-refractivity contribution in [1.29, 1.82) is 0 Å². The van der Waals surface area contributed by atoms with Crippen molar-refractivity contribution in [3.8, 4) is 0 Å². The van der Waals surface area contributed by atoms with E-state index in [1.807, 2.05) is 0 Å². The van der Waals surface area contributed by atoms with E-state index in [1.54, 1.807) is 6.07 Å². The molecule has 3 aromatic rings. The van der Waals surface area contributed by atoms with Crippen molar-refractivity contribution in [3.63, 3.8) is 0 Å². The highest BCUT2D eigenvalue weighted by Crippen LogP contribution is 2.32. The predicted octanol–water partition coefficient (Wildman–Crippen LogP) is 0.842. The van der Waals surface area contributed by atoms with Gasteiger partial charge in [0.25, 0.3) is 0 Å². The van der Waals surface area contributed by atoms with Crippen molar-refractivity contribution in [2.45, 2.75) is 31.1 Å². The van der Waals surface area contributed by atoms with Gasteiger partial charge in [0.2, 0.25) is 0 Å². The number of nitrogens with zero attached hydrogens (tertiary/aromatic N) is 4. The minimum atomic E-state index is -1.25. The topological polar surface area (TPSA) is 126 Å². The zero-order valence-electron chi connectivity index (χ0n) is 14.4. The Balaban J connectivity index is 1.60. The highest BCUT2D eigenvalue weighted by atomic mass is 35.5. The van der Waals surface area contributed by atoms with Crippen molar-refractivity contribution in [2.75, 3.05) is 11.9 Å². The molecule has 0 spiro atoms. The molecule has 1 aliphatic rings. The molecule has 1 fully saturated rings. The first-order valence-electron chi connectivity index (χ1n) is 8.47. The van der Waals surface area contributed by atoms with Gasteiger partial charge in [-0.25, -0.2) is 19.3 Å². The number of anilines is 1. The Kier molecular flexibility index (Phi) is 5.13.